The number of amides is 1. The lowest BCUT2D eigenvalue weighted by atomic mass is 9.99. The van der Waals surface area contributed by atoms with Crippen molar-refractivity contribution in [2.75, 3.05) is 19.6 Å². The monoisotopic (exact) mass is 378 g/mol. The van der Waals surface area contributed by atoms with Crippen LogP contribution in [-0.4, -0.2) is 47.7 Å². The summed E-state index contributed by atoms with van der Waals surface area (Å²) in [4.78, 5) is 23.3. The number of carbonyl (C=O) groups is 2. The quantitative estimate of drug-likeness (QED) is 0.830. The van der Waals surface area contributed by atoms with E-state index >= 15 is 0 Å². The largest absolute Gasteiger partial charge is 0.490 e. The number of carboxylic acid groups (broad SMARTS) is 1. The van der Waals surface area contributed by atoms with Crippen molar-refractivity contribution < 1.29 is 27.9 Å². The van der Waals surface area contributed by atoms with Crippen molar-refractivity contribution in [2.24, 2.45) is 5.92 Å². The van der Waals surface area contributed by atoms with Crippen LogP contribution in [0.1, 0.15) is 24.4 Å². The van der Waals surface area contributed by atoms with Crippen molar-refractivity contribution in [3.05, 3.63) is 34.9 Å². The molecule has 2 N–H and O–H groups in total. The van der Waals surface area contributed by atoms with Crippen LogP contribution in [0, 0.1) is 5.92 Å². The second-order valence-corrected chi connectivity index (χ2v) is 6.28. The lowest BCUT2D eigenvalue weighted by Crippen LogP contribution is -2.51. The SMILES string of the molecule is O=C(C1CNC1)N1CCCC1c1ccccc1Cl.O=C(O)C(F)(F)F. The lowest BCUT2D eigenvalue weighted by Gasteiger charge is -2.33. The summed E-state index contributed by atoms with van der Waals surface area (Å²) in [7, 11) is 0. The molecule has 2 heterocycles. The number of alkyl halides is 3. The topological polar surface area (TPSA) is 69.6 Å². The number of nitrogens with one attached hydrogen (secondary N) is 1. The third-order valence-electron chi connectivity index (χ3n) is 4.17. The molecule has 25 heavy (non-hydrogen) atoms. The zero-order valence-corrected chi connectivity index (χ0v) is 14.0. The third kappa shape index (κ3) is 4.85. The molecule has 0 spiro atoms. The van der Waals surface area contributed by atoms with Gasteiger partial charge in [-0.2, -0.15) is 13.2 Å². The summed E-state index contributed by atoms with van der Waals surface area (Å²) < 4.78 is 31.7. The van der Waals surface area contributed by atoms with Crippen LogP contribution in [0.5, 0.6) is 0 Å². The summed E-state index contributed by atoms with van der Waals surface area (Å²) in [6, 6.07) is 8.04. The highest BCUT2D eigenvalue weighted by molar-refractivity contribution is 6.31. The molecule has 2 aliphatic heterocycles. The number of aliphatic carboxylic acids is 1. The first-order chi connectivity index (χ1) is 11.7. The number of rotatable bonds is 2. The molecule has 138 valence electrons. The number of hydrogen-bond donors (Lipinski definition) is 2. The maximum Gasteiger partial charge on any atom is 0.490 e. The predicted octanol–water partition coefficient (Wildman–Crippen LogP) is 2.86. The number of carbonyl (C=O) groups excluding carboxylic acids is 1. The van der Waals surface area contributed by atoms with Crippen molar-refractivity contribution in [3.63, 3.8) is 0 Å². The van der Waals surface area contributed by atoms with Gasteiger partial charge in [0, 0.05) is 24.7 Å². The Hall–Kier alpha value is -1.80. The summed E-state index contributed by atoms with van der Waals surface area (Å²) in [6.07, 6.45) is -2.99. The van der Waals surface area contributed by atoms with Crippen LogP contribution in [0.15, 0.2) is 24.3 Å². The smallest absolute Gasteiger partial charge is 0.475 e. The molecule has 1 aromatic rings. The number of nitrogens with zero attached hydrogens (tertiary/aromatic N) is 1. The Bertz CT molecular complexity index is 635. The minimum Gasteiger partial charge on any atom is -0.475 e. The molecule has 1 atom stereocenters. The first-order valence-electron chi connectivity index (χ1n) is 7.77. The first kappa shape index (κ1) is 19.5. The molecule has 0 bridgehead atoms. The number of likely N-dealkylation sites (tertiary alicyclic amines) is 1. The van der Waals surface area contributed by atoms with E-state index in [1.54, 1.807) is 0 Å². The van der Waals surface area contributed by atoms with Crippen LogP contribution in [0.2, 0.25) is 5.02 Å². The molecule has 2 aliphatic rings. The van der Waals surface area contributed by atoms with Crippen LogP contribution < -0.4 is 5.32 Å². The van der Waals surface area contributed by atoms with Crippen molar-refractivity contribution in [3.8, 4) is 0 Å². The van der Waals surface area contributed by atoms with Crippen molar-refractivity contribution in [1.82, 2.24) is 10.2 Å². The Morgan fingerprint density at radius 3 is 2.32 bits per heavy atom. The second kappa shape index (κ2) is 8.05. The molecular formula is C16H18ClF3N2O3. The summed E-state index contributed by atoms with van der Waals surface area (Å²) >= 11 is 6.25. The molecule has 5 nitrogen and oxygen atoms in total. The summed E-state index contributed by atoms with van der Waals surface area (Å²) in [6.45, 7) is 2.51. The van der Waals surface area contributed by atoms with E-state index in [1.165, 1.54) is 0 Å². The van der Waals surface area contributed by atoms with E-state index in [4.69, 9.17) is 21.5 Å². The van der Waals surface area contributed by atoms with E-state index in [2.05, 4.69) is 5.32 Å². The Morgan fingerprint density at radius 2 is 1.84 bits per heavy atom. The summed E-state index contributed by atoms with van der Waals surface area (Å²) in [5.74, 6) is -2.29. The highest BCUT2D eigenvalue weighted by atomic mass is 35.5. The molecule has 2 fully saturated rings. The molecule has 0 saturated carbocycles. The van der Waals surface area contributed by atoms with Gasteiger partial charge in [0.1, 0.15) is 0 Å². The number of benzene rings is 1. The van der Waals surface area contributed by atoms with Gasteiger partial charge in [-0.15, -0.1) is 0 Å². The Morgan fingerprint density at radius 1 is 1.24 bits per heavy atom. The van der Waals surface area contributed by atoms with Gasteiger partial charge in [-0.25, -0.2) is 4.79 Å². The highest BCUT2D eigenvalue weighted by Crippen LogP contribution is 2.36. The van der Waals surface area contributed by atoms with E-state index in [9.17, 15) is 18.0 Å². The minimum absolute atomic E-state index is 0.173. The van der Waals surface area contributed by atoms with E-state index in [-0.39, 0.29) is 17.9 Å². The zero-order valence-electron chi connectivity index (χ0n) is 13.2. The van der Waals surface area contributed by atoms with Crippen LogP contribution in [0.25, 0.3) is 0 Å². The van der Waals surface area contributed by atoms with Crippen LogP contribution in [0.4, 0.5) is 13.2 Å². The van der Waals surface area contributed by atoms with Gasteiger partial charge in [0.2, 0.25) is 5.91 Å². The Kier molecular flexibility index (Phi) is 6.29. The molecular weight excluding hydrogens is 361 g/mol. The maximum absolute atomic E-state index is 12.4. The fraction of sp³-hybridized carbons (Fsp3) is 0.500. The zero-order chi connectivity index (χ0) is 18.6. The Balaban J connectivity index is 0.000000277. The molecule has 2 saturated heterocycles. The third-order valence-corrected chi connectivity index (χ3v) is 4.52. The van der Waals surface area contributed by atoms with Gasteiger partial charge in [-0.05, 0) is 24.5 Å². The van der Waals surface area contributed by atoms with Gasteiger partial charge >= 0.3 is 12.1 Å². The van der Waals surface area contributed by atoms with Crippen molar-refractivity contribution >= 4 is 23.5 Å². The van der Waals surface area contributed by atoms with Gasteiger partial charge < -0.3 is 15.3 Å². The van der Waals surface area contributed by atoms with E-state index in [1.807, 2.05) is 29.2 Å². The molecule has 1 aromatic carbocycles. The molecule has 0 aliphatic carbocycles. The summed E-state index contributed by atoms with van der Waals surface area (Å²) in [5.41, 5.74) is 1.09. The average molecular weight is 379 g/mol. The molecule has 9 heteroatoms. The molecule has 3 rings (SSSR count). The van der Waals surface area contributed by atoms with Gasteiger partial charge in [0.05, 0.1) is 12.0 Å². The number of halogens is 4. The average Bonchev–Trinajstić information content (AvgIpc) is 2.94. The lowest BCUT2D eigenvalue weighted by molar-refractivity contribution is -0.192. The normalized spacial score (nSPS) is 20.5. The van der Waals surface area contributed by atoms with Crippen LogP contribution >= 0.6 is 11.6 Å². The van der Waals surface area contributed by atoms with Gasteiger partial charge in [0.15, 0.2) is 0 Å². The predicted molar refractivity (Wildman–Crippen MR) is 85.2 cm³/mol. The first-order valence-corrected chi connectivity index (χ1v) is 8.15. The van der Waals surface area contributed by atoms with Crippen molar-refractivity contribution in [2.45, 2.75) is 25.1 Å². The molecule has 1 amide bonds. The Labute approximate surface area is 147 Å². The van der Waals surface area contributed by atoms with Gasteiger partial charge in [-0.1, -0.05) is 29.8 Å². The molecule has 0 radical (unpaired) electrons. The minimum atomic E-state index is -5.08. The standard InChI is InChI=1S/C14H17ClN2O.C2HF3O2/c15-12-5-2-1-4-11(12)13-6-3-7-17(13)14(18)10-8-16-9-10;3-2(4,5)1(6)7/h1-2,4-5,10,13,16H,3,6-9H2;(H,6,7). The van der Waals surface area contributed by atoms with E-state index in [0.717, 1.165) is 43.1 Å². The summed E-state index contributed by atoms with van der Waals surface area (Å²) in [5, 5.41) is 11.1. The van der Waals surface area contributed by atoms with Crippen LogP contribution in [-0.2, 0) is 9.59 Å². The fourth-order valence-corrected chi connectivity index (χ4v) is 3.06. The van der Waals surface area contributed by atoms with E-state index in [0.29, 0.717) is 0 Å². The van der Waals surface area contributed by atoms with Crippen molar-refractivity contribution in [1.29, 1.82) is 0 Å². The fourth-order valence-electron chi connectivity index (χ4n) is 2.80. The highest BCUT2D eigenvalue weighted by Gasteiger charge is 2.38. The second-order valence-electron chi connectivity index (χ2n) is 5.87. The number of carboxylic acids is 1. The van der Waals surface area contributed by atoms with Gasteiger partial charge in [0.25, 0.3) is 0 Å². The maximum atomic E-state index is 12.4. The van der Waals surface area contributed by atoms with Gasteiger partial charge in [-0.3, -0.25) is 4.79 Å². The van der Waals surface area contributed by atoms with Crippen LogP contribution in [0.3, 0.4) is 0 Å². The van der Waals surface area contributed by atoms with E-state index < -0.39 is 12.1 Å². The molecule has 0 aromatic heterocycles. The molecule has 1 unspecified atom stereocenters. The number of hydrogen-bond acceptors (Lipinski definition) is 3.